The third-order valence-corrected chi connectivity index (χ3v) is 7.61. The molecule has 0 saturated carbocycles. The Bertz CT molecular complexity index is 1870. The summed E-state index contributed by atoms with van der Waals surface area (Å²) in [5, 5.41) is 7.74. The second kappa shape index (κ2) is 8.87. The van der Waals surface area contributed by atoms with Crippen molar-refractivity contribution >= 4 is 54.4 Å². The minimum absolute atomic E-state index is 0.465. The van der Waals surface area contributed by atoms with Crippen LogP contribution in [-0.2, 0) is 0 Å². The van der Waals surface area contributed by atoms with Crippen molar-refractivity contribution in [3.63, 3.8) is 0 Å². The number of aromatic nitrogens is 2. The zero-order chi connectivity index (χ0) is 24.8. The van der Waals surface area contributed by atoms with Gasteiger partial charge in [-0.25, -0.2) is 0 Å². The Morgan fingerprint density at radius 3 is 2.17 bits per heavy atom. The molecule has 2 aromatic heterocycles. The third-order valence-electron chi connectivity index (χ3n) is 7.61. The van der Waals surface area contributed by atoms with Crippen LogP contribution in [0.25, 0.3) is 60.1 Å². The SMILES string of the molecule is CC.CCC(C)c1ccc2ccccc2c1-n1c2ccccc2c2c3[nH]c4ccccc4c3ccc21. The number of rotatable bonds is 3. The zero-order valence-electron chi connectivity index (χ0n) is 21.5. The molecule has 0 fully saturated rings. The molecule has 0 saturated heterocycles. The molecule has 0 spiro atoms. The Hall–Kier alpha value is -4.04. The number of aromatic amines is 1. The monoisotopic (exact) mass is 468 g/mol. The van der Waals surface area contributed by atoms with Crippen molar-refractivity contribution in [3.05, 3.63) is 103 Å². The maximum Gasteiger partial charge on any atom is 0.0575 e. The fourth-order valence-corrected chi connectivity index (χ4v) is 5.76. The molecule has 1 atom stereocenters. The Labute approximate surface area is 212 Å². The number of benzene rings is 5. The van der Waals surface area contributed by atoms with Crippen LogP contribution in [0.15, 0.2) is 97.1 Å². The van der Waals surface area contributed by atoms with E-state index < -0.39 is 0 Å². The van der Waals surface area contributed by atoms with E-state index in [2.05, 4.69) is 120 Å². The van der Waals surface area contributed by atoms with Crippen molar-refractivity contribution in [3.8, 4) is 5.69 Å². The van der Waals surface area contributed by atoms with E-state index in [0.717, 1.165) is 6.42 Å². The summed E-state index contributed by atoms with van der Waals surface area (Å²) in [6, 6.07) is 35.5. The van der Waals surface area contributed by atoms with Crippen LogP contribution in [0.1, 0.15) is 45.6 Å². The van der Waals surface area contributed by atoms with Crippen molar-refractivity contribution < 1.29 is 0 Å². The molecule has 1 unspecified atom stereocenters. The highest BCUT2D eigenvalue weighted by atomic mass is 15.0. The molecule has 0 aliphatic rings. The zero-order valence-corrected chi connectivity index (χ0v) is 21.5. The minimum Gasteiger partial charge on any atom is -0.354 e. The summed E-state index contributed by atoms with van der Waals surface area (Å²) < 4.78 is 2.51. The summed E-state index contributed by atoms with van der Waals surface area (Å²) in [6.45, 7) is 8.63. The van der Waals surface area contributed by atoms with Crippen molar-refractivity contribution in [2.45, 2.75) is 40.0 Å². The fraction of sp³-hybridized carbons (Fsp3) is 0.176. The van der Waals surface area contributed by atoms with E-state index in [1.54, 1.807) is 0 Å². The van der Waals surface area contributed by atoms with Crippen LogP contribution in [0.2, 0.25) is 0 Å². The molecular weight excluding hydrogens is 436 g/mol. The summed E-state index contributed by atoms with van der Waals surface area (Å²) in [5.74, 6) is 0.465. The van der Waals surface area contributed by atoms with E-state index in [0.29, 0.717) is 5.92 Å². The van der Waals surface area contributed by atoms with Crippen LogP contribution in [-0.4, -0.2) is 9.55 Å². The van der Waals surface area contributed by atoms with Gasteiger partial charge in [0, 0.05) is 32.4 Å². The molecule has 2 heterocycles. The number of para-hydroxylation sites is 2. The number of H-pyrrole nitrogens is 1. The van der Waals surface area contributed by atoms with Crippen LogP contribution in [0, 0.1) is 0 Å². The number of fused-ring (bicyclic) bond motifs is 8. The predicted octanol–water partition coefficient (Wildman–Crippen LogP) is 10.1. The minimum atomic E-state index is 0.465. The average molecular weight is 469 g/mol. The summed E-state index contributed by atoms with van der Waals surface area (Å²) in [7, 11) is 0. The van der Waals surface area contributed by atoms with Crippen LogP contribution in [0.4, 0.5) is 0 Å². The van der Waals surface area contributed by atoms with E-state index in [9.17, 15) is 0 Å². The van der Waals surface area contributed by atoms with Gasteiger partial charge in [0.15, 0.2) is 0 Å². The molecule has 0 bridgehead atoms. The first kappa shape index (κ1) is 22.4. The summed E-state index contributed by atoms with van der Waals surface area (Å²) in [5.41, 5.74) is 7.63. The first-order valence-corrected chi connectivity index (χ1v) is 13.2. The lowest BCUT2D eigenvalue weighted by Gasteiger charge is -2.20. The van der Waals surface area contributed by atoms with E-state index >= 15 is 0 Å². The molecule has 7 rings (SSSR count). The van der Waals surface area contributed by atoms with Crippen molar-refractivity contribution in [2.75, 3.05) is 0 Å². The highest BCUT2D eigenvalue weighted by Crippen LogP contribution is 2.42. The van der Waals surface area contributed by atoms with Gasteiger partial charge in [0.05, 0.1) is 22.2 Å². The fourth-order valence-electron chi connectivity index (χ4n) is 5.76. The lowest BCUT2D eigenvalue weighted by Crippen LogP contribution is -2.04. The molecule has 7 aromatic rings. The Kier molecular flexibility index (Phi) is 5.53. The molecule has 5 aromatic carbocycles. The smallest absolute Gasteiger partial charge is 0.0575 e. The second-order valence-electron chi connectivity index (χ2n) is 9.44. The average Bonchev–Trinajstić information content (AvgIpc) is 3.49. The number of nitrogens with zero attached hydrogens (tertiary/aromatic N) is 1. The van der Waals surface area contributed by atoms with Gasteiger partial charge in [-0.1, -0.05) is 107 Å². The molecule has 0 aliphatic heterocycles. The molecule has 0 aliphatic carbocycles. The topological polar surface area (TPSA) is 20.7 Å². The van der Waals surface area contributed by atoms with Crippen LogP contribution in [0.5, 0.6) is 0 Å². The van der Waals surface area contributed by atoms with Gasteiger partial charge in [0.25, 0.3) is 0 Å². The van der Waals surface area contributed by atoms with Crippen LogP contribution < -0.4 is 0 Å². The van der Waals surface area contributed by atoms with Gasteiger partial charge in [0.2, 0.25) is 0 Å². The summed E-state index contributed by atoms with van der Waals surface area (Å²) in [6.07, 6.45) is 1.11. The highest BCUT2D eigenvalue weighted by molar-refractivity contribution is 6.25. The third kappa shape index (κ3) is 3.18. The number of hydrogen-bond acceptors (Lipinski definition) is 0. The van der Waals surface area contributed by atoms with E-state index in [1.807, 2.05) is 13.8 Å². The lowest BCUT2D eigenvalue weighted by molar-refractivity contribution is 0.730. The normalized spacial score (nSPS) is 12.4. The Morgan fingerprint density at radius 2 is 1.36 bits per heavy atom. The highest BCUT2D eigenvalue weighted by Gasteiger charge is 2.21. The largest absolute Gasteiger partial charge is 0.354 e. The first-order chi connectivity index (χ1) is 17.8. The van der Waals surface area contributed by atoms with Gasteiger partial charge in [-0.05, 0) is 41.5 Å². The lowest BCUT2D eigenvalue weighted by atomic mass is 9.93. The van der Waals surface area contributed by atoms with Gasteiger partial charge in [-0.2, -0.15) is 0 Å². The second-order valence-corrected chi connectivity index (χ2v) is 9.44. The van der Waals surface area contributed by atoms with E-state index in [1.165, 1.54) is 65.6 Å². The van der Waals surface area contributed by atoms with Crippen molar-refractivity contribution in [1.82, 2.24) is 9.55 Å². The number of nitrogens with one attached hydrogen (secondary N) is 1. The van der Waals surface area contributed by atoms with Crippen LogP contribution in [0.3, 0.4) is 0 Å². The molecule has 1 N–H and O–H groups in total. The molecule has 178 valence electrons. The quantitative estimate of drug-likeness (QED) is 0.266. The first-order valence-electron chi connectivity index (χ1n) is 13.2. The Morgan fingerprint density at radius 1 is 0.667 bits per heavy atom. The van der Waals surface area contributed by atoms with E-state index in [-0.39, 0.29) is 0 Å². The summed E-state index contributed by atoms with van der Waals surface area (Å²) in [4.78, 5) is 3.75. The summed E-state index contributed by atoms with van der Waals surface area (Å²) >= 11 is 0. The number of hydrogen-bond donors (Lipinski definition) is 1. The molecule has 0 amide bonds. The Balaban J connectivity index is 0.00000117. The standard InChI is InChI=1S/C32H26N2.C2H6/c1-3-20(2)22-17-16-21-10-4-5-11-23(21)32(22)34-28-15-9-7-13-26(28)30-29(34)19-18-25-24-12-6-8-14-27(24)33-31(25)30;1-2/h4-20,33H,3H2,1-2H3;1-2H3. The van der Waals surface area contributed by atoms with Gasteiger partial charge in [-0.15, -0.1) is 0 Å². The van der Waals surface area contributed by atoms with Gasteiger partial charge < -0.3 is 9.55 Å². The van der Waals surface area contributed by atoms with Crippen LogP contribution >= 0.6 is 0 Å². The maximum absolute atomic E-state index is 3.75. The molecule has 2 nitrogen and oxygen atoms in total. The molecule has 36 heavy (non-hydrogen) atoms. The predicted molar refractivity (Wildman–Crippen MR) is 158 cm³/mol. The van der Waals surface area contributed by atoms with Crippen molar-refractivity contribution in [1.29, 1.82) is 0 Å². The van der Waals surface area contributed by atoms with E-state index in [4.69, 9.17) is 0 Å². The molecular formula is C34H32N2. The van der Waals surface area contributed by atoms with Gasteiger partial charge >= 0.3 is 0 Å². The molecule has 0 radical (unpaired) electrons. The van der Waals surface area contributed by atoms with Crippen molar-refractivity contribution in [2.24, 2.45) is 0 Å². The maximum atomic E-state index is 3.75. The van der Waals surface area contributed by atoms with Gasteiger partial charge in [-0.3, -0.25) is 0 Å². The van der Waals surface area contributed by atoms with Gasteiger partial charge in [0.1, 0.15) is 0 Å². The molecule has 2 heteroatoms.